The van der Waals surface area contributed by atoms with Crippen LogP contribution >= 0.6 is 0 Å². The van der Waals surface area contributed by atoms with Crippen molar-refractivity contribution in [2.75, 3.05) is 11.4 Å². The lowest BCUT2D eigenvalue weighted by molar-refractivity contribution is -0.137. The number of hydrogen-bond acceptors (Lipinski definition) is 5. The van der Waals surface area contributed by atoms with Gasteiger partial charge in [0.05, 0.1) is 4.90 Å². The van der Waals surface area contributed by atoms with Crippen molar-refractivity contribution in [1.82, 2.24) is 0 Å². The van der Waals surface area contributed by atoms with Gasteiger partial charge in [0, 0.05) is 30.1 Å². The Balaban J connectivity index is 2.17. The molecule has 1 N–H and O–H groups in total. The molecule has 0 radical (unpaired) electrons. The Morgan fingerprint density at radius 3 is 2.54 bits per heavy atom. The van der Waals surface area contributed by atoms with E-state index in [1.807, 2.05) is 13.8 Å². The highest BCUT2D eigenvalue weighted by Crippen LogP contribution is 2.45. The second-order valence-electron chi connectivity index (χ2n) is 6.93. The van der Waals surface area contributed by atoms with E-state index in [-0.39, 0.29) is 22.8 Å². The van der Waals surface area contributed by atoms with Crippen LogP contribution in [0.2, 0.25) is 0 Å². The Bertz CT molecular complexity index is 726. The zero-order valence-corrected chi connectivity index (χ0v) is 15.1. The first-order valence-corrected chi connectivity index (χ1v) is 9.55. The zero-order valence-electron chi connectivity index (χ0n) is 14.3. The molecule has 1 heterocycles. The molecule has 24 heavy (non-hydrogen) atoms. The van der Waals surface area contributed by atoms with Crippen LogP contribution in [0.15, 0.2) is 23.1 Å². The molecule has 0 saturated carbocycles. The summed E-state index contributed by atoms with van der Waals surface area (Å²) in [6.45, 7) is 6.95. The summed E-state index contributed by atoms with van der Waals surface area (Å²) in [7, 11) is -4.47. The molecule has 2 rings (SSSR count). The van der Waals surface area contributed by atoms with Crippen molar-refractivity contribution in [2.45, 2.75) is 62.8 Å². The maximum Gasteiger partial charge on any atom is 0.303 e. The van der Waals surface area contributed by atoms with Gasteiger partial charge in [0.2, 0.25) is 0 Å². The molecular weight excluding hydrogens is 330 g/mol. The number of hydrogen-bond donors (Lipinski definition) is 1. The Hall–Kier alpha value is -1.60. The third-order valence-corrected chi connectivity index (χ3v) is 5.89. The van der Waals surface area contributed by atoms with E-state index in [0.717, 1.165) is 30.6 Å². The van der Waals surface area contributed by atoms with E-state index in [4.69, 9.17) is 5.11 Å². The van der Waals surface area contributed by atoms with Gasteiger partial charge in [-0.15, -0.1) is 0 Å². The maximum atomic E-state index is 11.3. The van der Waals surface area contributed by atoms with Crippen molar-refractivity contribution in [1.29, 1.82) is 0 Å². The molecule has 0 aromatic heterocycles. The van der Waals surface area contributed by atoms with Gasteiger partial charge in [0.1, 0.15) is 10.1 Å². The van der Waals surface area contributed by atoms with Gasteiger partial charge in [0.25, 0.3) is 0 Å². The topological polar surface area (TPSA) is 97.7 Å². The van der Waals surface area contributed by atoms with Crippen LogP contribution in [0.5, 0.6) is 0 Å². The molecule has 0 amide bonds. The summed E-state index contributed by atoms with van der Waals surface area (Å²) >= 11 is 0. The third kappa shape index (κ3) is 3.72. The van der Waals surface area contributed by atoms with Crippen molar-refractivity contribution in [2.24, 2.45) is 0 Å². The molecule has 6 nitrogen and oxygen atoms in total. The minimum atomic E-state index is -4.47. The molecule has 0 fully saturated rings. The largest absolute Gasteiger partial charge is 0.744 e. The molecule has 0 aliphatic carbocycles. The van der Waals surface area contributed by atoms with E-state index < -0.39 is 16.1 Å². The summed E-state index contributed by atoms with van der Waals surface area (Å²) in [5, 5.41) is 8.67. The zero-order chi connectivity index (χ0) is 18.1. The molecule has 1 atom stereocenters. The summed E-state index contributed by atoms with van der Waals surface area (Å²) in [4.78, 5) is 12.6. The monoisotopic (exact) mass is 354 g/mol. The molecule has 134 valence electrons. The summed E-state index contributed by atoms with van der Waals surface area (Å²) < 4.78 is 33.9. The highest BCUT2D eigenvalue weighted by atomic mass is 32.2. The Morgan fingerprint density at radius 2 is 1.96 bits per heavy atom. The number of fused-ring (bicyclic) bond motifs is 1. The highest BCUT2D eigenvalue weighted by Gasteiger charge is 2.41. The number of carboxylic acids is 1. The van der Waals surface area contributed by atoms with Crippen LogP contribution in [-0.4, -0.2) is 36.6 Å². The minimum Gasteiger partial charge on any atom is -0.744 e. The van der Waals surface area contributed by atoms with E-state index >= 15 is 0 Å². The fraction of sp³-hybridized carbons (Fsp3) is 0.588. The number of benzene rings is 1. The maximum absolute atomic E-state index is 11.3. The number of nitrogens with zero attached hydrogens (tertiary/aromatic N) is 1. The van der Waals surface area contributed by atoms with Crippen LogP contribution in [0, 0.1) is 0 Å². The highest BCUT2D eigenvalue weighted by molar-refractivity contribution is 7.85. The Labute approximate surface area is 143 Å². The van der Waals surface area contributed by atoms with Crippen molar-refractivity contribution in [3.8, 4) is 0 Å². The molecule has 0 saturated heterocycles. The number of carboxylic acid groups (broad SMARTS) is 1. The number of anilines is 1. The smallest absolute Gasteiger partial charge is 0.303 e. The molecule has 1 aromatic rings. The number of rotatable bonds is 7. The third-order valence-electron chi connectivity index (χ3n) is 5.06. The minimum absolute atomic E-state index is 0.163. The second-order valence-corrected chi connectivity index (χ2v) is 8.31. The van der Waals surface area contributed by atoms with E-state index in [1.165, 1.54) is 12.1 Å². The van der Waals surface area contributed by atoms with Crippen LogP contribution in [0.4, 0.5) is 5.69 Å². The average molecular weight is 354 g/mol. The van der Waals surface area contributed by atoms with E-state index in [1.54, 1.807) is 6.07 Å². The standard InChI is InChI=1S/C17H25NO5S/c1-12-17(2,3)14-11-13(24(21,22)23)8-9-15(14)18(12)10-6-4-5-7-16(19)20/h8-9,11-12H,4-7,10H2,1-3H3,(H,19,20)(H,21,22,23)/p-1. The second kappa shape index (κ2) is 6.72. The average Bonchev–Trinajstić information content (AvgIpc) is 2.66. The van der Waals surface area contributed by atoms with Crippen molar-refractivity contribution in [3.63, 3.8) is 0 Å². The van der Waals surface area contributed by atoms with Gasteiger partial charge in [-0.2, -0.15) is 0 Å². The van der Waals surface area contributed by atoms with Crippen LogP contribution < -0.4 is 4.90 Å². The lowest BCUT2D eigenvalue weighted by Crippen LogP contribution is -2.39. The number of aliphatic carboxylic acids is 1. The quantitative estimate of drug-likeness (QED) is 0.597. The fourth-order valence-corrected chi connectivity index (χ4v) is 3.81. The molecule has 0 spiro atoms. The first-order valence-electron chi connectivity index (χ1n) is 8.14. The predicted molar refractivity (Wildman–Crippen MR) is 90.3 cm³/mol. The van der Waals surface area contributed by atoms with Crippen LogP contribution in [0.3, 0.4) is 0 Å². The summed E-state index contributed by atoms with van der Waals surface area (Å²) in [5.41, 5.74) is 1.56. The lowest BCUT2D eigenvalue weighted by Gasteiger charge is -2.31. The Kier molecular flexibility index (Phi) is 5.25. The van der Waals surface area contributed by atoms with Gasteiger partial charge in [-0.05, 0) is 43.5 Å². The van der Waals surface area contributed by atoms with Gasteiger partial charge in [-0.25, -0.2) is 8.42 Å². The molecule has 1 aromatic carbocycles. The molecule has 1 unspecified atom stereocenters. The first-order chi connectivity index (χ1) is 11.0. The van der Waals surface area contributed by atoms with Crippen molar-refractivity contribution in [3.05, 3.63) is 23.8 Å². The Morgan fingerprint density at radius 1 is 1.29 bits per heavy atom. The van der Waals surface area contributed by atoms with Gasteiger partial charge >= 0.3 is 5.97 Å². The molecule has 7 heteroatoms. The number of unbranched alkanes of at least 4 members (excludes halogenated alkanes) is 2. The van der Waals surface area contributed by atoms with Crippen LogP contribution in [0.1, 0.15) is 52.0 Å². The van der Waals surface area contributed by atoms with Crippen molar-refractivity contribution >= 4 is 21.8 Å². The van der Waals surface area contributed by atoms with Gasteiger partial charge in [-0.1, -0.05) is 20.3 Å². The van der Waals surface area contributed by atoms with Gasteiger partial charge in [-0.3, -0.25) is 4.79 Å². The predicted octanol–water partition coefficient (Wildman–Crippen LogP) is 2.72. The lowest BCUT2D eigenvalue weighted by atomic mass is 9.81. The molecular formula is C17H24NO5S-. The van der Waals surface area contributed by atoms with Gasteiger partial charge in [0.15, 0.2) is 0 Å². The number of carbonyl (C=O) groups is 1. The molecule has 0 bridgehead atoms. The summed E-state index contributed by atoms with van der Waals surface area (Å²) in [5.74, 6) is -0.776. The van der Waals surface area contributed by atoms with Crippen molar-refractivity contribution < 1.29 is 22.9 Å². The summed E-state index contributed by atoms with van der Waals surface area (Å²) in [6.07, 6.45) is 2.54. The van der Waals surface area contributed by atoms with Gasteiger partial charge < -0.3 is 14.6 Å². The fourth-order valence-electron chi connectivity index (χ4n) is 3.31. The first kappa shape index (κ1) is 18.7. The van der Waals surface area contributed by atoms with Crippen LogP contribution in [0.25, 0.3) is 0 Å². The normalized spacial score (nSPS) is 19.3. The van der Waals surface area contributed by atoms with E-state index in [2.05, 4.69) is 11.8 Å². The van der Waals surface area contributed by atoms with E-state index in [0.29, 0.717) is 6.42 Å². The van der Waals surface area contributed by atoms with Crippen LogP contribution in [-0.2, 0) is 20.3 Å². The SMILES string of the molecule is CC1N(CCCCCC(=O)O)c2ccc(S(=O)(=O)[O-])cc2C1(C)C. The molecule has 1 aliphatic heterocycles. The van der Waals surface area contributed by atoms with E-state index in [9.17, 15) is 17.8 Å². The summed E-state index contributed by atoms with van der Waals surface area (Å²) in [6, 6.07) is 4.74. The molecule has 1 aliphatic rings.